The van der Waals surface area contributed by atoms with E-state index < -0.39 is 5.97 Å². The second kappa shape index (κ2) is 5.07. The summed E-state index contributed by atoms with van der Waals surface area (Å²) in [5, 5.41) is 8.84. The van der Waals surface area contributed by atoms with Crippen molar-refractivity contribution in [1.82, 2.24) is 0 Å². The van der Waals surface area contributed by atoms with Crippen molar-refractivity contribution in [2.45, 2.75) is 38.9 Å². The highest BCUT2D eigenvalue weighted by molar-refractivity contribution is 6.52. The molecule has 1 fully saturated rings. The van der Waals surface area contributed by atoms with Crippen molar-refractivity contribution in [2.75, 3.05) is 0 Å². The van der Waals surface area contributed by atoms with Gasteiger partial charge in [0.15, 0.2) is 0 Å². The van der Waals surface area contributed by atoms with Gasteiger partial charge in [-0.25, -0.2) is 4.79 Å². The van der Waals surface area contributed by atoms with Crippen LogP contribution in [-0.4, -0.2) is 29.4 Å². The van der Waals surface area contributed by atoms with Gasteiger partial charge in [0.2, 0.25) is 0 Å². The van der Waals surface area contributed by atoms with Gasteiger partial charge in [-0.2, -0.15) is 0 Å². The molecule has 1 aliphatic rings. The van der Waals surface area contributed by atoms with E-state index in [2.05, 4.69) is 0 Å². The maximum Gasteiger partial charge on any atom is 0.487 e. The summed E-state index contributed by atoms with van der Waals surface area (Å²) in [4.78, 5) is 10.8. The molecule has 1 aliphatic heterocycles. The molecule has 1 aromatic carbocycles. The predicted octanol–water partition coefficient (Wildman–Crippen LogP) is 3.03. The lowest BCUT2D eigenvalue weighted by atomic mass is 9.89. The Bertz CT molecular complexity index is 515. The van der Waals surface area contributed by atoms with Gasteiger partial charge in [0.25, 0.3) is 0 Å². The number of carboxylic acids is 1. The minimum atomic E-state index is -0.925. The lowest BCUT2D eigenvalue weighted by Crippen LogP contribution is -2.41. The monoisotopic (exact) mass is 274 g/mol. The highest BCUT2D eigenvalue weighted by Gasteiger charge is 2.49. The highest BCUT2D eigenvalue weighted by Crippen LogP contribution is 2.36. The molecule has 0 bridgehead atoms. The molecule has 0 aromatic heterocycles. The van der Waals surface area contributed by atoms with Crippen LogP contribution in [0, 0.1) is 0 Å². The first-order valence-corrected chi connectivity index (χ1v) is 6.58. The number of rotatable bonds is 3. The van der Waals surface area contributed by atoms with Crippen LogP contribution in [0.1, 0.15) is 43.6 Å². The fraction of sp³-hybridized carbons (Fsp3) is 0.400. The lowest BCUT2D eigenvalue weighted by Gasteiger charge is -2.32. The van der Waals surface area contributed by atoms with Crippen LogP contribution in [0.2, 0.25) is 0 Å². The van der Waals surface area contributed by atoms with E-state index in [4.69, 9.17) is 14.4 Å². The van der Waals surface area contributed by atoms with E-state index in [0.717, 1.165) is 5.56 Å². The van der Waals surface area contributed by atoms with E-state index in [1.165, 1.54) is 0 Å². The van der Waals surface area contributed by atoms with Crippen molar-refractivity contribution in [3.63, 3.8) is 0 Å². The topological polar surface area (TPSA) is 55.8 Å². The first-order valence-electron chi connectivity index (χ1n) is 6.58. The minimum Gasteiger partial charge on any atom is -0.478 e. The van der Waals surface area contributed by atoms with Gasteiger partial charge in [-0.1, -0.05) is 24.2 Å². The molecule has 0 saturated carbocycles. The maximum atomic E-state index is 10.8. The number of hydrogen-bond acceptors (Lipinski definition) is 3. The molecule has 1 heterocycles. The second-order valence-electron chi connectivity index (χ2n) is 5.91. The fourth-order valence-electron chi connectivity index (χ4n) is 1.89. The zero-order valence-corrected chi connectivity index (χ0v) is 12.2. The van der Waals surface area contributed by atoms with Crippen LogP contribution in [0.4, 0.5) is 0 Å². The average Bonchev–Trinajstić information content (AvgIpc) is 2.56. The van der Waals surface area contributed by atoms with Crippen LogP contribution in [-0.2, 0) is 9.31 Å². The van der Waals surface area contributed by atoms with Gasteiger partial charge in [-0.3, -0.25) is 0 Å². The van der Waals surface area contributed by atoms with E-state index >= 15 is 0 Å². The van der Waals surface area contributed by atoms with Crippen LogP contribution < -0.4 is 0 Å². The summed E-state index contributed by atoms with van der Waals surface area (Å²) < 4.78 is 11.7. The number of aromatic carboxylic acids is 1. The zero-order chi connectivity index (χ0) is 15.0. The van der Waals surface area contributed by atoms with Gasteiger partial charge < -0.3 is 14.4 Å². The molecule has 0 aliphatic carbocycles. The van der Waals surface area contributed by atoms with Crippen LogP contribution in [0.5, 0.6) is 0 Å². The van der Waals surface area contributed by atoms with Crippen LogP contribution in [0.15, 0.2) is 30.2 Å². The Kier molecular flexibility index (Phi) is 3.76. The largest absolute Gasteiger partial charge is 0.487 e. The molecule has 2 rings (SSSR count). The summed E-state index contributed by atoms with van der Waals surface area (Å²) in [7, 11) is -0.390. The van der Waals surface area contributed by atoms with Crippen molar-refractivity contribution in [2.24, 2.45) is 0 Å². The maximum absolute atomic E-state index is 10.8. The molecule has 4 nitrogen and oxygen atoms in total. The Balaban J connectivity index is 2.06. The van der Waals surface area contributed by atoms with Gasteiger partial charge >= 0.3 is 13.1 Å². The molecule has 1 saturated heterocycles. The molecule has 1 N–H and O–H groups in total. The minimum absolute atomic E-state index is 0.276. The standard InChI is InChI=1S/C15H19BO4/c1-14(2)15(3,4)20-16(19-14)10-9-11-5-7-12(8-6-11)13(17)18/h5-10H,1-4H3,(H,17,18). The van der Waals surface area contributed by atoms with Crippen molar-refractivity contribution in [3.05, 3.63) is 41.4 Å². The molecule has 0 radical (unpaired) electrons. The lowest BCUT2D eigenvalue weighted by molar-refractivity contribution is 0.00578. The number of benzene rings is 1. The number of carboxylic acid groups (broad SMARTS) is 1. The van der Waals surface area contributed by atoms with Crippen molar-refractivity contribution < 1.29 is 19.2 Å². The molecule has 5 heteroatoms. The molecule has 0 unspecified atom stereocenters. The summed E-state index contributed by atoms with van der Waals surface area (Å²) in [6.07, 6.45) is 1.87. The first kappa shape index (κ1) is 14.8. The summed E-state index contributed by atoms with van der Waals surface area (Å²) in [6.45, 7) is 8.01. The normalized spacial score (nSPS) is 20.5. The molecular weight excluding hydrogens is 255 g/mol. The summed E-state index contributed by atoms with van der Waals surface area (Å²) in [5.41, 5.74) is 0.479. The zero-order valence-electron chi connectivity index (χ0n) is 12.2. The van der Waals surface area contributed by atoms with E-state index in [1.807, 2.05) is 39.7 Å². The van der Waals surface area contributed by atoms with Crippen LogP contribution in [0.3, 0.4) is 0 Å². The van der Waals surface area contributed by atoms with E-state index in [-0.39, 0.29) is 23.9 Å². The van der Waals surface area contributed by atoms with Gasteiger partial charge in [-0.15, -0.1) is 0 Å². The predicted molar refractivity (Wildman–Crippen MR) is 78.5 cm³/mol. The van der Waals surface area contributed by atoms with Crippen LogP contribution >= 0.6 is 0 Å². The Morgan fingerprint density at radius 2 is 1.60 bits per heavy atom. The van der Waals surface area contributed by atoms with Gasteiger partial charge in [-0.05, 0) is 45.4 Å². The smallest absolute Gasteiger partial charge is 0.478 e. The molecule has 0 amide bonds. The highest BCUT2D eigenvalue weighted by atomic mass is 16.7. The van der Waals surface area contributed by atoms with E-state index in [0.29, 0.717) is 0 Å². The van der Waals surface area contributed by atoms with Gasteiger partial charge in [0.1, 0.15) is 0 Å². The van der Waals surface area contributed by atoms with Crippen molar-refractivity contribution >= 4 is 19.2 Å². The molecule has 0 spiro atoms. The number of hydrogen-bond donors (Lipinski definition) is 1. The Morgan fingerprint density at radius 1 is 1.10 bits per heavy atom. The third kappa shape index (κ3) is 2.94. The summed E-state index contributed by atoms with van der Waals surface area (Å²) >= 11 is 0. The Hall–Kier alpha value is -1.59. The molecule has 0 atom stereocenters. The Morgan fingerprint density at radius 3 is 2.05 bits per heavy atom. The molecule has 1 aromatic rings. The van der Waals surface area contributed by atoms with Crippen LogP contribution in [0.25, 0.3) is 6.08 Å². The van der Waals surface area contributed by atoms with Gasteiger partial charge in [0.05, 0.1) is 16.8 Å². The number of carbonyl (C=O) groups is 1. The molecule has 106 valence electrons. The second-order valence-corrected chi connectivity index (χ2v) is 5.91. The third-order valence-corrected chi connectivity index (χ3v) is 3.87. The van der Waals surface area contributed by atoms with E-state index in [9.17, 15) is 4.79 Å². The van der Waals surface area contributed by atoms with Gasteiger partial charge in [0, 0.05) is 0 Å². The molecular formula is C15H19BO4. The molecule has 20 heavy (non-hydrogen) atoms. The van der Waals surface area contributed by atoms with E-state index in [1.54, 1.807) is 24.3 Å². The average molecular weight is 274 g/mol. The van der Waals surface area contributed by atoms with Crippen molar-refractivity contribution in [3.8, 4) is 0 Å². The Labute approximate surface area is 119 Å². The quantitative estimate of drug-likeness (QED) is 0.861. The van der Waals surface area contributed by atoms with Crippen molar-refractivity contribution in [1.29, 1.82) is 0 Å². The third-order valence-electron chi connectivity index (χ3n) is 3.87. The first-order chi connectivity index (χ1) is 9.21. The summed E-state index contributed by atoms with van der Waals surface area (Å²) in [6, 6.07) is 6.66. The SMILES string of the molecule is CC1(C)OB(C=Cc2ccc(C(=O)O)cc2)OC1(C)C. The summed E-state index contributed by atoms with van der Waals surface area (Å²) in [5.74, 6) is 0.915. The fourth-order valence-corrected chi connectivity index (χ4v) is 1.89.